The lowest BCUT2D eigenvalue weighted by Crippen LogP contribution is -2.25. The Labute approximate surface area is 219 Å². The molecule has 6 rings (SSSR count). The van der Waals surface area contributed by atoms with E-state index in [1.165, 1.54) is 11.8 Å². The topological polar surface area (TPSA) is 99.9 Å². The number of hydrogen-bond donors (Lipinski definition) is 2. The van der Waals surface area contributed by atoms with Gasteiger partial charge in [0, 0.05) is 5.69 Å². The molecule has 9 nitrogen and oxygen atoms in total. The summed E-state index contributed by atoms with van der Waals surface area (Å²) in [5, 5.41) is 15.0. The van der Waals surface area contributed by atoms with Crippen molar-refractivity contribution in [2.24, 2.45) is 0 Å². The summed E-state index contributed by atoms with van der Waals surface area (Å²) < 4.78 is 28.4. The Bertz CT molecular complexity index is 1440. The minimum atomic E-state index is -0.159. The van der Waals surface area contributed by atoms with E-state index < -0.39 is 0 Å². The van der Waals surface area contributed by atoms with Crippen molar-refractivity contribution in [3.05, 3.63) is 120 Å². The lowest BCUT2D eigenvalue weighted by atomic mass is 10.0. The second kappa shape index (κ2) is 11.0. The van der Waals surface area contributed by atoms with Crippen molar-refractivity contribution in [1.82, 2.24) is 10.2 Å². The van der Waals surface area contributed by atoms with E-state index in [0.29, 0.717) is 24.0 Å². The maximum atomic E-state index is 5.95. The van der Waals surface area contributed by atoms with E-state index >= 15 is 0 Å². The van der Waals surface area contributed by atoms with E-state index in [2.05, 4.69) is 39.0 Å². The molecule has 3 aliphatic rings. The Balaban J connectivity index is 1.18. The van der Waals surface area contributed by atoms with Gasteiger partial charge < -0.3 is 28.7 Å². The van der Waals surface area contributed by atoms with Crippen LogP contribution < -0.4 is 10.6 Å². The molecule has 0 amide bonds. The van der Waals surface area contributed by atoms with Crippen molar-refractivity contribution in [3.63, 3.8) is 0 Å². The maximum absolute atomic E-state index is 5.95. The molecule has 0 radical (unpaired) electrons. The molecule has 9 heteroatoms. The zero-order valence-corrected chi connectivity index (χ0v) is 20.5. The monoisotopic (exact) mass is 510 g/mol. The Hall–Kier alpha value is -4.92. The van der Waals surface area contributed by atoms with Crippen molar-refractivity contribution < 1.29 is 23.4 Å². The number of nitrogens with zero attached hydrogens (tertiary/aromatic N) is 2. The minimum absolute atomic E-state index is 0.159. The fourth-order valence-electron chi connectivity index (χ4n) is 4.31. The number of ether oxygens (including phenoxy) is 4. The standard InChI is InChI=1S/C29H26N4O5/c1-3-9-20(10-4-1)15-24(26-17-35-19-36-26)30-23-14-8-7-13-22(23)28-32-33-29(38-28)31-27-18-34-16-25(37-27)21-11-5-2-6-12-21/h1-5,7-11,13-14,16-18,24,30H,6,12,15,19H2,(H,31,33). The summed E-state index contributed by atoms with van der Waals surface area (Å²) in [6.07, 6.45) is 13.4. The molecule has 0 fully saturated rings. The summed E-state index contributed by atoms with van der Waals surface area (Å²) in [7, 11) is 0. The number of hydrogen-bond acceptors (Lipinski definition) is 9. The molecule has 2 N–H and O–H groups in total. The van der Waals surface area contributed by atoms with Crippen LogP contribution in [0.2, 0.25) is 0 Å². The molecular weight excluding hydrogens is 484 g/mol. The minimum Gasteiger partial charge on any atom is -0.463 e. The van der Waals surface area contributed by atoms with Crippen LogP contribution in [0.4, 0.5) is 11.7 Å². The fourth-order valence-corrected chi connectivity index (χ4v) is 4.31. The highest BCUT2D eigenvalue weighted by Crippen LogP contribution is 2.31. The van der Waals surface area contributed by atoms with Gasteiger partial charge in [-0.2, -0.15) is 0 Å². The second-order valence-electron chi connectivity index (χ2n) is 8.78. The van der Waals surface area contributed by atoms with Crippen molar-refractivity contribution in [1.29, 1.82) is 0 Å². The number of rotatable bonds is 9. The average Bonchev–Trinajstić information content (AvgIpc) is 3.67. The van der Waals surface area contributed by atoms with E-state index in [-0.39, 0.29) is 18.8 Å². The molecule has 38 heavy (non-hydrogen) atoms. The van der Waals surface area contributed by atoms with Gasteiger partial charge in [0.1, 0.15) is 12.5 Å². The van der Waals surface area contributed by atoms with E-state index in [4.69, 9.17) is 23.4 Å². The predicted molar refractivity (Wildman–Crippen MR) is 141 cm³/mol. The van der Waals surface area contributed by atoms with Gasteiger partial charge in [-0.15, -0.1) is 5.10 Å². The third-order valence-electron chi connectivity index (χ3n) is 6.16. The number of para-hydroxylation sites is 1. The van der Waals surface area contributed by atoms with Crippen LogP contribution in [0.15, 0.2) is 119 Å². The highest BCUT2D eigenvalue weighted by molar-refractivity contribution is 5.73. The van der Waals surface area contributed by atoms with Gasteiger partial charge in [-0.3, -0.25) is 5.32 Å². The molecule has 192 valence electrons. The molecule has 2 aliphatic heterocycles. The van der Waals surface area contributed by atoms with E-state index in [1.54, 1.807) is 12.5 Å². The molecule has 1 unspecified atom stereocenters. The summed E-state index contributed by atoms with van der Waals surface area (Å²) in [5.74, 6) is 2.07. The highest BCUT2D eigenvalue weighted by atomic mass is 16.7. The zero-order chi connectivity index (χ0) is 25.6. The smallest absolute Gasteiger partial charge is 0.322 e. The first kappa shape index (κ1) is 23.5. The van der Waals surface area contributed by atoms with Crippen molar-refractivity contribution in [3.8, 4) is 11.5 Å². The van der Waals surface area contributed by atoms with Gasteiger partial charge in [-0.05, 0) is 42.5 Å². The number of anilines is 2. The summed E-state index contributed by atoms with van der Waals surface area (Å²) in [5.41, 5.74) is 3.79. The summed E-state index contributed by atoms with van der Waals surface area (Å²) in [6, 6.07) is 18.0. The van der Waals surface area contributed by atoms with Crippen LogP contribution in [0.5, 0.6) is 0 Å². The van der Waals surface area contributed by atoms with Gasteiger partial charge in [0.2, 0.25) is 12.7 Å². The van der Waals surface area contributed by atoms with Gasteiger partial charge in [-0.25, -0.2) is 0 Å². The molecular formula is C29H26N4O5. The van der Waals surface area contributed by atoms with Crippen LogP contribution >= 0.6 is 0 Å². The summed E-state index contributed by atoms with van der Waals surface area (Å²) >= 11 is 0. The Kier molecular flexibility index (Phi) is 6.80. The van der Waals surface area contributed by atoms with E-state index in [1.807, 2.05) is 54.6 Å². The molecule has 0 bridgehead atoms. The molecule has 1 aliphatic carbocycles. The van der Waals surface area contributed by atoms with Crippen LogP contribution in [0.3, 0.4) is 0 Å². The van der Waals surface area contributed by atoms with Crippen molar-refractivity contribution in [2.75, 3.05) is 17.4 Å². The lowest BCUT2D eigenvalue weighted by molar-refractivity contribution is 0.0764. The molecule has 0 saturated heterocycles. The summed E-state index contributed by atoms with van der Waals surface area (Å²) in [4.78, 5) is 0. The third-order valence-corrected chi connectivity index (χ3v) is 6.16. The first-order chi connectivity index (χ1) is 18.8. The average molecular weight is 511 g/mol. The molecule has 0 spiro atoms. The van der Waals surface area contributed by atoms with Crippen LogP contribution in [-0.4, -0.2) is 23.0 Å². The van der Waals surface area contributed by atoms with E-state index in [9.17, 15) is 0 Å². The Morgan fingerprint density at radius 1 is 0.947 bits per heavy atom. The number of aromatic nitrogens is 2. The second-order valence-corrected chi connectivity index (χ2v) is 8.78. The molecule has 3 heterocycles. The maximum Gasteiger partial charge on any atom is 0.322 e. The third kappa shape index (κ3) is 5.41. The van der Waals surface area contributed by atoms with Gasteiger partial charge in [-0.1, -0.05) is 65.8 Å². The first-order valence-corrected chi connectivity index (χ1v) is 12.4. The van der Waals surface area contributed by atoms with Gasteiger partial charge in [0.05, 0.1) is 11.6 Å². The molecule has 3 aromatic rings. The molecule has 1 atom stereocenters. The SMILES string of the molecule is C1=CCCC(C2=COC=C(Nc3nnc(-c4ccccc4NC(Cc4ccccc4)C4=COCO4)o3)O2)=C1. The largest absolute Gasteiger partial charge is 0.463 e. The van der Waals surface area contributed by atoms with Gasteiger partial charge in [0.15, 0.2) is 17.8 Å². The number of allylic oxidation sites excluding steroid dienone is 4. The Morgan fingerprint density at radius 3 is 2.68 bits per heavy atom. The Morgan fingerprint density at radius 2 is 1.84 bits per heavy atom. The number of nitrogens with one attached hydrogen (secondary N) is 2. The molecule has 0 saturated carbocycles. The lowest BCUT2D eigenvalue weighted by Gasteiger charge is -2.21. The fraction of sp³-hybridized carbons (Fsp3) is 0.172. The summed E-state index contributed by atoms with van der Waals surface area (Å²) in [6.45, 7) is 0.204. The van der Waals surface area contributed by atoms with Crippen LogP contribution in [0.1, 0.15) is 18.4 Å². The predicted octanol–water partition coefficient (Wildman–Crippen LogP) is 5.98. The first-order valence-electron chi connectivity index (χ1n) is 12.4. The van der Waals surface area contributed by atoms with E-state index in [0.717, 1.165) is 35.4 Å². The van der Waals surface area contributed by atoms with Gasteiger partial charge >= 0.3 is 6.01 Å². The molecule has 2 aromatic carbocycles. The highest BCUT2D eigenvalue weighted by Gasteiger charge is 2.23. The normalized spacial score (nSPS) is 16.9. The molecule has 1 aromatic heterocycles. The van der Waals surface area contributed by atoms with Crippen LogP contribution in [0.25, 0.3) is 11.5 Å². The number of benzene rings is 2. The quantitative estimate of drug-likeness (QED) is 0.360. The van der Waals surface area contributed by atoms with Crippen LogP contribution in [-0.2, 0) is 25.4 Å². The van der Waals surface area contributed by atoms with Crippen molar-refractivity contribution >= 4 is 11.7 Å². The van der Waals surface area contributed by atoms with Crippen LogP contribution in [0, 0.1) is 0 Å². The zero-order valence-electron chi connectivity index (χ0n) is 20.5. The van der Waals surface area contributed by atoms with Gasteiger partial charge in [0.25, 0.3) is 5.89 Å². The van der Waals surface area contributed by atoms with Crippen molar-refractivity contribution in [2.45, 2.75) is 25.3 Å².